The van der Waals surface area contributed by atoms with Gasteiger partial charge in [0.1, 0.15) is 6.33 Å². The normalized spacial score (nSPS) is 15.6. The van der Waals surface area contributed by atoms with Crippen LogP contribution in [0.15, 0.2) is 60.4 Å². The first-order chi connectivity index (χ1) is 14.3. The predicted octanol–water partition coefficient (Wildman–Crippen LogP) is 4.74. The summed E-state index contributed by atoms with van der Waals surface area (Å²) in [6.45, 7) is 5.58. The third-order valence-electron chi connectivity index (χ3n) is 5.48. The van der Waals surface area contributed by atoms with Gasteiger partial charge in [-0.15, -0.1) is 11.3 Å². The minimum atomic E-state index is 0.260. The molecular formula is C23H22N4OS. The minimum absolute atomic E-state index is 0.260. The number of anilines is 1. The van der Waals surface area contributed by atoms with Crippen molar-refractivity contribution in [1.82, 2.24) is 15.0 Å². The SMILES string of the molecule is CC(c1cccc(-c2ncnc3cc(N4CCOCC4)ccc23)c1)c1nccs1. The Morgan fingerprint density at radius 3 is 2.76 bits per heavy atom. The maximum atomic E-state index is 5.47. The van der Waals surface area contributed by atoms with Crippen LogP contribution in [-0.2, 0) is 4.74 Å². The van der Waals surface area contributed by atoms with Gasteiger partial charge in [0.2, 0.25) is 0 Å². The number of fused-ring (bicyclic) bond motifs is 1. The first-order valence-corrected chi connectivity index (χ1v) is 10.7. The summed E-state index contributed by atoms with van der Waals surface area (Å²) in [4.78, 5) is 16.0. The molecule has 2 aromatic carbocycles. The zero-order valence-corrected chi connectivity index (χ0v) is 17.1. The van der Waals surface area contributed by atoms with Crippen molar-refractivity contribution in [1.29, 1.82) is 0 Å². The molecule has 2 aromatic heterocycles. The summed E-state index contributed by atoms with van der Waals surface area (Å²) in [5.74, 6) is 0.260. The van der Waals surface area contributed by atoms with Crippen molar-refractivity contribution < 1.29 is 4.74 Å². The molecule has 5 nitrogen and oxygen atoms in total. The molecule has 1 saturated heterocycles. The average molecular weight is 403 g/mol. The topological polar surface area (TPSA) is 51.1 Å². The zero-order valence-electron chi connectivity index (χ0n) is 16.3. The largest absolute Gasteiger partial charge is 0.378 e. The molecule has 29 heavy (non-hydrogen) atoms. The van der Waals surface area contributed by atoms with Crippen molar-refractivity contribution in [3.8, 4) is 11.3 Å². The van der Waals surface area contributed by atoms with Crippen LogP contribution in [0.1, 0.15) is 23.4 Å². The number of benzene rings is 2. The van der Waals surface area contributed by atoms with E-state index in [1.54, 1.807) is 17.7 Å². The quantitative estimate of drug-likeness (QED) is 0.493. The molecule has 0 aliphatic carbocycles. The molecule has 0 spiro atoms. The number of rotatable bonds is 4. The van der Waals surface area contributed by atoms with Gasteiger partial charge in [-0.05, 0) is 29.8 Å². The van der Waals surface area contributed by atoms with Crippen molar-refractivity contribution in [3.05, 3.63) is 70.9 Å². The van der Waals surface area contributed by atoms with Crippen LogP contribution in [0.25, 0.3) is 22.2 Å². The van der Waals surface area contributed by atoms with E-state index in [0.29, 0.717) is 0 Å². The van der Waals surface area contributed by atoms with Crippen LogP contribution >= 0.6 is 11.3 Å². The van der Waals surface area contributed by atoms with Crippen LogP contribution in [0, 0.1) is 0 Å². The molecule has 1 aliphatic heterocycles. The highest BCUT2D eigenvalue weighted by atomic mass is 32.1. The molecule has 1 unspecified atom stereocenters. The van der Waals surface area contributed by atoms with E-state index in [2.05, 4.69) is 69.2 Å². The highest BCUT2D eigenvalue weighted by molar-refractivity contribution is 7.09. The van der Waals surface area contributed by atoms with Gasteiger partial charge in [0.15, 0.2) is 0 Å². The second-order valence-corrected chi connectivity index (χ2v) is 8.17. The molecule has 1 atom stereocenters. The van der Waals surface area contributed by atoms with E-state index < -0.39 is 0 Å². The number of nitrogens with zero attached hydrogens (tertiary/aromatic N) is 4. The highest BCUT2D eigenvalue weighted by Crippen LogP contribution is 2.32. The van der Waals surface area contributed by atoms with Gasteiger partial charge < -0.3 is 9.64 Å². The standard InChI is InChI=1S/C23H22N4OS/c1-16(23-24-7-12-29-23)17-3-2-4-18(13-17)22-20-6-5-19(14-21(20)25-15-26-22)27-8-10-28-11-9-27/h2-7,12-16H,8-11H2,1H3. The van der Waals surface area contributed by atoms with E-state index in [1.807, 2.05) is 11.6 Å². The summed E-state index contributed by atoms with van der Waals surface area (Å²) >= 11 is 1.69. The third kappa shape index (κ3) is 3.61. The van der Waals surface area contributed by atoms with E-state index in [-0.39, 0.29) is 5.92 Å². The summed E-state index contributed by atoms with van der Waals surface area (Å²) in [6, 6.07) is 15.1. The van der Waals surface area contributed by atoms with E-state index in [0.717, 1.165) is 53.5 Å². The summed E-state index contributed by atoms with van der Waals surface area (Å²) in [7, 11) is 0. The first kappa shape index (κ1) is 18.2. The van der Waals surface area contributed by atoms with Crippen LogP contribution in [0.5, 0.6) is 0 Å². The molecule has 4 aromatic rings. The zero-order chi connectivity index (χ0) is 19.6. The van der Waals surface area contributed by atoms with E-state index in [9.17, 15) is 0 Å². The van der Waals surface area contributed by atoms with Crippen molar-refractivity contribution in [2.45, 2.75) is 12.8 Å². The fraction of sp³-hybridized carbons (Fsp3) is 0.261. The van der Waals surface area contributed by atoms with E-state index in [4.69, 9.17) is 4.74 Å². The highest BCUT2D eigenvalue weighted by Gasteiger charge is 2.15. The van der Waals surface area contributed by atoms with Crippen molar-refractivity contribution in [3.63, 3.8) is 0 Å². The monoisotopic (exact) mass is 402 g/mol. The molecule has 1 aliphatic rings. The molecule has 0 amide bonds. The van der Waals surface area contributed by atoms with Crippen molar-refractivity contribution in [2.24, 2.45) is 0 Å². The van der Waals surface area contributed by atoms with Crippen LogP contribution in [0.4, 0.5) is 5.69 Å². The number of morpholine rings is 1. The lowest BCUT2D eigenvalue weighted by atomic mass is 9.97. The molecule has 0 radical (unpaired) electrons. The van der Waals surface area contributed by atoms with Crippen molar-refractivity contribution in [2.75, 3.05) is 31.2 Å². The molecule has 6 heteroatoms. The molecule has 3 heterocycles. The van der Waals surface area contributed by atoms with Gasteiger partial charge in [0, 0.05) is 47.2 Å². The van der Waals surface area contributed by atoms with Gasteiger partial charge in [-0.2, -0.15) is 0 Å². The Hall–Kier alpha value is -2.83. The number of aromatic nitrogens is 3. The molecule has 0 bridgehead atoms. The third-order valence-corrected chi connectivity index (χ3v) is 6.44. The Morgan fingerprint density at radius 1 is 1.03 bits per heavy atom. The molecule has 5 rings (SSSR count). The van der Waals surface area contributed by atoms with Crippen LogP contribution < -0.4 is 4.90 Å². The second kappa shape index (κ2) is 7.89. The van der Waals surface area contributed by atoms with Crippen molar-refractivity contribution >= 4 is 27.9 Å². The molecule has 146 valence electrons. The number of hydrogen-bond acceptors (Lipinski definition) is 6. The Kier molecular flexibility index (Phi) is 4.96. The fourth-order valence-corrected chi connectivity index (χ4v) is 4.56. The lowest BCUT2D eigenvalue weighted by Crippen LogP contribution is -2.36. The maximum absolute atomic E-state index is 5.47. The number of thiazole rings is 1. The van der Waals surface area contributed by atoms with Gasteiger partial charge in [0.05, 0.1) is 29.4 Å². The Labute approximate surface area is 174 Å². The molecule has 0 saturated carbocycles. The Morgan fingerprint density at radius 2 is 1.93 bits per heavy atom. The summed E-state index contributed by atoms with van der Waals surface area (Å²) in [5, 5.41) is 4.23. The summed E-state index contributed by atoms with van der Waals surface area (Å²) < 4.78 is 5.47. The van der Waals surface area contributed by atoms with Gasteiger partial charge in [-0.1, -0.05) is 25.1 Å². The lowest BCUT2D eigenvalue weighted by molar-refractivity contribution is 0.122. The molecule has 1 fully saturated rings. The van der Waals surface area contributed by atoms with Gasteiger partial charge in [-0.3, -0.25) is 0 Å². The number of hydrogen-bond donors (Lipinski definition) is 0. The Balaban J connectivity index is 1.52. The summed E-state index contributed by atoms with van der Waals surface area (Å²) in [6.07, 6.45) is 3.53. The fourth-order valence-electron chi connectivity index (χ4n) is 3.84. The molecule has 0 N–H and O–H groups in total. The smallest absolute Gasteiger partial charge is 0.116 e. The van der Waals surface area contributed by atoms with E-state index in [1.165, 1.54) is 11.3 Å². The summed E-state index contributed by atoms with van der Waals surface area (Å²) in [5.41, 5.74) is 5.48. The minimum Gasteiger partial charge on any atom is -0.378 e. The Bertz CT molecular complexity index is 1120. The lowest BCUT2D eigenvalue weighted by Gasteiger charge is -2.29. The first-order valence-electron chi connectivity index (χ1n) is 9.87. The predicted molar refractivity (Wildman–Crippen MR) is 118 cm³/mol. The molecular weight excluding hydrogens is 380 g/mol. The van der Waals surface area contributed by atoms with Crippen LogP contribution in [0.2, 0.25) is 0 Å². The van der Waals surface area contributed by atoms with Gasteiger partial charge in [0.25, 0.3) is 0 Å². The number of ether oxygens (including phenoxy) is 1. The van der Waals surface area contributed by atoms with Gasteiger partial charge in [-0.25, -0.2) is 15.0 Å². The average Bonchev–Trinajstić information content (AvgIpc) is 3.33. The van der Waals surface area contributed by atoms with Crippen LogP contribution in [0.3, 0.4) is 0 Å². The maximum Gasteiger partial charge on any atom is 0.116 e. The van der Waals surface area contributed by atoms with E-state index >= 15 is 0 Å². The van der Waals surface area contributed by atoms with Gasteiger partial charge >= 0.3 is 0 Å². The second-order valence-electron chi connectivity index (χ2n) is 7.24. The van der Waals surface area contributed by atoms with Crippen LogP contribution in [-0.4, -0.2) is 41.3 Å².